The summed E-state index contributed by atoms with van der Waals surface area (Å²) in [4.78, 5) is 18.0. The molecule has 0 amide bonds. The van der Waals surface area contributed by atoms with Gasteiger partial charge < -0.3 is 9.47 Å². The van der Waals surface area contributed by atoms with Gasteiger partial charge in [-0.15, -0.1) is 0 Å². The monoisotopic (exact) mass is 358 g/mol. The molecule has 27 heavy (non-hydrogen) atoms. The van der Waals surface area contributed by atoms with E-state index in [4.69, 9.17) is 14.5 Å². The molecular formula is C22H18N2O3. The van der Waals surface area contributed by atoms with E-state index in [2.05, 4.69) is 0 Å². The zero-order valence-corrected chi connectivity index (χ0v) is 15.0. The van der Waals surface area contributed by atoms with Gasteiger partial charge in [0, 0.05) is 11.1 Å². The number of imidazole rings is 1. The minimum atomic E-state index is -0.142. The van der Waals surface area contributed by atoms with Gasteiger partial charge in [0.2, 0.25) is 0 Å². The number of methoxy groups -OCH3 is 2. The highest BCUT2D eigenvalue weighted by atomic mass is 16.5. The lowest BCUT2D eigenvalue weighted by atomic mass is 10.1. The van der Waals surface area contributed by atoms with Crippen LogP contribution >= 0.6 is 0 Å². The highest BCUT2D eigenvalue weighted by molar-refractivity contribution is 6.04. The third kappa shape index (κ3) is 3.04. The second-order valence-electron chi connectivity index (χ2n) is 6.02. The van der Waals surface area contributed by atoms with Gasteiger partial charge in [0.05, 0.1) is 25.3 Å². The van der Waals surface area contributed by atoms with E-state index >= 15 is 0 Å². The van der Waals surface area contributed by atoms with Crippen LogP contribution in [0.2, 0.25) is 0 Å². The van der Waals surface area contributed by atoms with Gasteiger partial charge >= 0.3 is 0 Å². The van der Waals surface area contributed by atoms with Crippen LogP contribution in [0.3, 0.4) is 0 Å². The Kier molecular flexibility index (Phi) is 4.34. The summed E-state index contributed by atoms with van der Waals surface area (Å²) in [6.07, 6.45) is 0. The van der Waals surface area contributed by atoms with Gasteiger partial charge in [-0.25, -0.2) is 4.98 Å². The molecule has 0 bridgehead atoms. The second-order valence-corrected chi connectivity index (χ2v) is 6.02. The summed E-state index contributed by atoms with van der Waals surface area (Å²) < 4.78 is 12.1. The molecule has 0 N–H and O–H groups in total. The summed E-state index contributed by atoms with van der Waals surface area (Å²) in [6.45, 7) is 0. The second kappa shape index (κ2) is 6.96. The Bertz CT molecular complexity index is 1100. The highest BCUT2D eigenvalue weighted by Gasteiger charge is 2.19. The van der Waals surface area contributed by atoms with Crippen LogP contribution in [-0.2, 0) is 0 Å². The molecule has 0 aliphatic rings. The number of aromatic nitrogens is 2. The van der Waals surface area contributed by atoms with Crippen LogP contribution in [0.15, 0.2) is 72.8 Å². The molecule has 1 aromatic heterocycles. The van der Waals surface area contributed by atoms with E-state index in [1.165, 1.54) is 0 Å². The number of hydrogen-bond acceptors (Lipinski definition) is 4. The van der Waals surface area contributed by atoms with E-state index in [9.17, 15) is 4.79 Å². The van der Waals surface area contributed by atoms with Gasteiger partial charge in [0.25, 0.3) is 5.91 Å². The van der Waals surface area contributed by atoms with Crippen molar-refractivity contribution in [1.29, 1.82) is 0 Å². The fourth-order valence-corrected chi connectivity index (χ4v) is 3.03. The van der Waals surface area contributed by atoms with Crippen LogP contribution in [0.1, 0.15) is 10.4 Å². The molecule has 4 aromatic rings. The maximum absolute atomic E-state index is 13.3. The highest BCUT2D eigenvalue weighted by Crippen LogP contribution is 2.27. The van der Waals surface area contributed by atoms with E-state index in [1.54, 1.807) is 43.1 Å². The SMILES string of the molecule is COc1ccc(C(=O)n2c(-c3ccc(OC)cc3)nc3ccccc32)cc1. The van der Waals surface area contributed by atoms with Gasteiger partial charge in [0.15, 0.2) is 0 Å². The molecular weight excluding hydrogens is 340 g/mol. The smallest absolute Gasteiger partial charge is 0.264 e. The number of fused-ring (bicyclic) bond motifs is 1. The first-order chi connectivity index (χ1) is 13.2. The molecule has 0 fully saturated rings. The topological polar surface area (TPSA) is 53.4 Å². The van der Waals surface area contributed by atoms with Crippen molar-refractivity contribution in [3.05, 3.63) is 78.4 Å². The van der Waals surface area contributed by atoms with Crippen molar-refractivity contribution in [3.63, 3.8) is 0 Å². The van der Waals surface area contributed by atoms with Crippen LogP contribution < -0.4 is 9.47 Å². The molecule has 1 heterocycles. The van der Waals surface area contributed by atoms with Crippen LogP contribution in [0.4, 0.5) is 0 Å². The van der Waals surface area contributed by atoms with Crippen molar-refractivity contribution in [3.8, 4) is 22.9 Å². The number of nitrogens with zero attached hydrogens (tertiary/aromatic N) is 2. The van der Waals surface area contributed by atoms with Gasteiger partial charge in [-0.2, -0.15) is 0 Å². The summed E-state index contributed by atoms with van der Waals surface area (Å²) >= 11 is 0. The van der Waals surface area contributed by atoms with Crippen LogP contribution in [-0.4, -0.2) is 29.7 Å². The van der Waals surface area contributed by atoms with Crippen LogP contribution in [0.5, 0.6) is 11.5 Å². The Morgan fingerprint density at radius 2 is 1.41 bits per heavy atom. The van der Waals surface area contributed by atoms with Crippen molar-refractivity contribution in [2.75, 3.05) is 14.2 Å². The summed E-state index contributed by atoms with van der Waals surface area (Å²) in [5.74, 6) is 1.91. The molecule has 0 saturated carbocycles. The maximum Gasteiger partial charge on any atom is 0.264 e. The Labute approximate surface area is 156 Å². The van der Waals surface area contributed by atoms with Gasteiger partial charge in [0.1, 0.15) is 17.3 Å². The molecule has 0 saturated heterocycles. The Balaban J connectivity index is 1.87. The normalized spacial score (nSPS) is 10.7. The standard InChI is InChI=1S/C22H18N2O3/c1-26-17-11-7-15(8-12-17)21-23-19-5-3-4-6-20(19)24(21)22(25)16-9-13-18(27-2)14-10-16/h3-14H,1-2H3. The number of carbonyl (C=O) groups excluding carboxylic acids is 1. The first-order valence-corrected chi connectivity index (χ1v) is 8.52. The van der Waals surface area contributed by atoms with E-state index in [1.807, 2.05) is 48.5 Å². The fraction of sp³-hybridized carbons (Fsp3) is 0.0909. The molecule has 134 valence electrons. The van der Waals surface area contributed by atoms with Crippen molar-refractivity contribution < 1.29 is 14.3 Å². The Morgan fingerprint density at radius 3 is 2.04 bits per heavy atom. The largest absolute Gasteiger partial charge is 0.497 e. The minimum absolute atomic E-state index is 0.142. The van der Waals surface area contributed by atoms with Crippen LogP contribution in [0, 0.1) is 0 Å². The lowest BCUT2D eigenvalue weighted by Gasteiger charge is -2.09. The lowest BCUT2D eigenvalue weighted by molar-refractivity contribution is 0.0966. The van der Waals surface area contributed by atoms with Crippen molar-refractivity contribution in [2.24, 2.45) is 0 Å². The van der Waals surface area contributed by atoms with E-state index in [0.29, 0.717) is 17.1 Å². The number of para-hydroxylation sites is 2. The minimum Gasteiger partial charge on any atom is -0.497 e. The zero-order valence-electron chi connectivity index (χ0n) is 15.0. The Morgan fingerprint density at radius 1 is 0.815 bits per heavy atom. The molecule has 0 atom stereocenters. The van der Waals surface area contributed by atoms with Crippen molar-refractivity contribution in [1.82, 2.24) is 9.55 Å². The maximum atomic E-state index is 13.3. The predicted octanol–water partition coefficient (Wildman–Crippen LogP) is 4.41. The number of ether oxygens (including phenoxy) is 2. The van der Waals surface area contributed by atoms with Gasteiger partial charge in [-0.1, -0.05) is 12.1 Å². The predicted molar refractivity (Wildman–Crippen MR) is 104 cm³/mol. The van der Waals surface area contributed by atoms with Gasteiger partial charge in [-0.3, -0.25) is 9.36 Å². The number of hydrogen-bond donors (Lipinski definition) is 0. The van der Waals surface area contributed by atoms with Crippen LogP contribution in [0.25, 0.3) is 22.4 Å². The summed E-state index contributed by atoms with van der Waals surface area (Å²) in [6, 6.07) is 22.2. The summed E-state index contributed by atoms with van der Waals surface area (Å²) in [7, 11) is 3.22. The van der Waals surface area contributed by atoms with Gasteiger partial charge in [-0.05, 0) is 60.7 Å². The average Bonchev–Trinajstić information content (AvgIpc) is 3.13. The molecule has 0 spiro atoms. The third-order valence-corrected chi connectivity index (χ3v) is 4.45. The summed E-state index contributed by atoms with van der Waals surface area (Å²) in [5.41, 5.74) is 2.94. The number of benzene rings is 3. The third-order valence-electron chi connectivity index (χ3n) is 4.45. The molecule has 4 rings (SSSR count). The molecule has 3 aromatic carbocycles. The fourth-order valence-electron chi connectivity index (χ4n) is 3.03. The van der Waals surface area contributed by atoms with E-state index in [0.717, 1.165) is 22.3 Å². The zero-order chi connectivity index (χ0) is 18.8. The molecule has 0 radical (unpaired) electrons. The molecule has 0 unspecified atom stereocenters. The number of rotatable bonds is 4. The molecule has 5 nitrogen and oxygen atoms in total. The molecule has 5 heteroatoms. The Hall–Kier alpha value is -3.60. The number of carbonyl (C=O) groups is 1. The lowest BCUT2D eigenvalue weighted by Crippen LogP contribution is -2.13. The summed E-state index contributed by atoms with van der Waals surface area (Å²) in [5, 5.41) is 0. The average molecular weight is 358 g/mol. The first-order valence-electron chi connectivity index (χ1n) is 8.52. The molecule has 0 aliphatic heterocycles. The first kappa shape index (κ1) is 16.8. The quantitative estimate of drug-likeness (QED) is 0.542. The van der Waals surface area contributed by atoms with E-state index in [-0.39, 0.29) is 5.91 Å². The van der Waals surface area contributed by atoms with Crippen molar-refractivity contribution >= 4 is 16.9 Å². The molecule has 0 aliphatic carbocycles. The van der Waals surface area contributed by atoms with E-state index < -0.39 is 0 Å². The van der Waals surface area contributed by atoms with Crippen molar-refractivity contribution in [2.45, 2.75) is 0 Å².